The van der Waals surface area contributed by atoms with Crippen molar-refractivity contribution in [1.29, 1.82) is 0 Å². The van der Waals surface area contributed by atoms with Gasteiger partial charge < -0.3 is 14.2 Å². The molecule has 0 aliphatic heterocycles. The van der Waals surface area contributed by atoms with Crippen LogP contribution in [0.5, 0.6) is 0 Å². The average Bonchev–Trinajstić information content (AvgIpc) is 3.28. The maximum atomic E-state index is 12.8. The van der Waals surface area contributed by atoms with Crippen molar-refractivity contribution in [1.82, 2.24) is 0 Å². The molecule has 0 saturated heterocycles. The molecule has 0 aromatic rings. The molecule has 0 amide bonds. The summed E-state index contributed by atoms with van der Waals surface area (Å²) in [4.78, 5) is 37.9. The van der Waals surface area contributed by atoms with Gasteiger partial charge in [-0.2, -0.15) is 0 Å². The second-order valence-corrected chi connectivity index (χ2v) is 16.3. The molecule has 0 aliphatic carbocycles. The second-order valence-electron chi connectivity index (χ2n) is 16.3. The van der Waals surface area contributed by atoms with E-state index in [0.717, 1.165) is 109 Å². The highest BCUT2D eigenvalue weighted by Gasteiger charge is 2.19. The lowest BCUT2D eigenvalue weighted by Crippen LogP contribution is -2.30. The molecular weight excluding hydrogens is 781 g/mol. The molecule has 1 atom stereocenters. The summed E-state index contributed by atoms with van der Waals surface area (Å²) in [5, 5.41) is 0. The van der Waals surface area contributed by atoms with Gasteiger partial charge >= 0.3 is 17.9 Å². The number of carbonyl (C=O) groups is 3. The lowest BCUT2D eigenvalue weighted by atomic mass is 10.1. The Labute approximate surface area is 387 Å². The summed E-state index contributed by atoms with van der Waals surface area (Å²) in [6.07, 6.45) is 67.9. The topological polar surface area (TPSA) is 78.9 Å². The van der Waals surface area contributed by atoms with Gasteiger partial charge in [0.25, 0.3) is 0 Å². The molecule has 0 spiro atoms. The van der Waals surface area contributed by atoms with Gasteiger partial charge in [-0.1, -0.05) is 182 Å². The molecule has 0 heterocycles. The van der Waals surface area contributed by atoms with E-state index in [1.54, 1.807) is 0 Å². The van der Waals surface area contributed by atoms with Crippen LogP contribution in [0.2, 0.25) is 0 Å². The molecule has 0 aromatic heterocycles. The van der Waals surface area contributed by atoms with Crippen molar-refractivity contribution in [2.75, 3.05) is 13.2 Å². The summed E-state index contributed by atoms with van der Waals surface area (Å²) in [6, 6.07) is 0. The second kappa shape index (κ2) is 50.7. The minimum absolute atomic E-state index is 0.111. The van der Waals surface area contributed by atoms with Gasteiger partial charge in [-0.25, -0.2) is 0 Å². The highest BCUT2D eigenvalue weighted by atomic mass is 16.6. The van der Waals surface area contributed by atoms with E-state index in [0.29, 0.717) is 25.7 Å². The maximum Gasteiger partial charge on any atom is 0.306 e. The third-order valence-electron chi connectivity index (χ3n) is 10.2. The molecule has 6 nitrogen and oxygen atoms in total. The smallest absolute Gasteiger partial charge is 0.306 e. The molecule has 0 saturated carbocycles. The van der Waals surface area contributed by atoms with Crippen molar-refractivity contribution in [3.63, 3.8) is 0 Å². The van der Waals surface area contributed by atoms with Crippen LogP contribution in [-0.2, 0) is 28.6 Å². The van der Waals surface area contributed by atoms with Crippen molar-refractivity contribution in [3.8, 4) is 0 Å². The first-order valence-electron chi connectivity index (χ1n) is 25.4. The SMILES string of the molecule is CC/C=C\C/C=C\C/C=C\C/C=C\CCCCC(=O)OC[C@H](COC(=O)CCCCCCC/C=C\CCCC)OC(=O)CCCCC/C=C\C/C=C\C/C=C\C/C=C\CCCCC. The summed E-state index contributed by atoms with van der Waals surface area (Å²) >= 11 is 0. The summed E-state index contributed by atoms with van der Waals surface area (Å²) in [5.41, 5.74) is 0. The number of esters is 3. The van der Waals surface area contributed by atoms with Crippen LogP contribution in [-0.4, -0.2) is 37.2 Å². The Bertz CT molecular complexity index is 1330. The van der Waals surface area contributed by atoms with E-state index < -0.39 is 6.10 Å². The molecule has 0 radical (unpaired) electrons. The lowest BCUT2D eigenvalue weighted by Gasteiger charge is -2.18. The van der Waals surface area contributed by atoms with Crippen LogP contribution in [0.15, 0.2) is 109 Å². The Morgan fingerprint density at radius 2 is 0.635 bits per heavy atom. The van der Waals surface area contributed by atoms with Crippen LogP contribution in [0.1, 0.15) is 213 Å². The Balaban J connectivity index is 4.53. The van der Waals surface area contributed by atoms with Crippen LogP contribution in [0.25, 0.3) is 0 Å². The van der Waals surface area contributed by atoms with Crippen molar-refractivity contribution in [2.24, 2.45) is 0 Å². The van der Waals surface area contributed by atoms with Crippen molar-refractivity contribution in [2.45, 2.75) is 219 Å². The van der Waals surface area contributed by atoms with Crippen molar-refractivity contribution < 1.29 is 28.6 Å². The monoisotopic (exact) mass is 873 g/mol. The largest absolute Gasteiger partial charge is 0.462 e. The highest BCUT2D eigenvalue weighted by molar-refractivity contribution is 5.71. The van der Waals surface area contributed by atoms with E-state index in [4.69, 9.17) is 14.2 Å². The van der Waals surface area contributed by atoms with Gasteiger partial charge in [-0.3, -0.25) is 14.4 Å². The van der Waals surface area contributed by atoms with E-state index in [-0.39, 0.29) is 37.5 Å². The fourth-order valence-corrected chi connectivity index (χ4v) is 6.39. The number of unbranched alkanes of at least 4 members (excludes halogenated alkanes) is 15. The zero-order valence-electron chi connectivity index (χ0n) is 40.5. The molecule has 0 rings (SSSR count). The fraction of sp³-hybridized carbons (Fsp3) is 0.632. The average molecular weight is 873 g/mol. The predicted octanol–water partition coefficient (Wildman–Crippen LogP) is 16.8. The van der Waals surface area contributed by atoms with Gasteiger partial charge in [-0.15, -0.1) is 0 Å². The Kier molecular flexibility index (Phi) is 47.5. The Morgan fingerprint density at radius 3 is 1.08 bits per heavy atom. The molecule has 356 valence electrons. The van der Waals surface area contributed by atoms with Crippen LogP contribution >= 0.6 is 0 Å². The van der Waals surface area contributed by atoms with Gasteiger partial charge in [0, 0.05) is 19.3 Å². The zero-order chi connectivity index (χ0) is 45.8. The van der Waals surface area contributed by atoms with Gasteiger partial charge in [0.05, 0.1) is 0 Å². The van der Waals surface area contributed by atoms with Crippen molar-refractivity contribution >= 4 is 17.9 Å². The molecular formula is C57H92O6. The van der Waals surface area contributed by atoms with Gasteiger partial charge in [0.2, 0.25) is 0 Å². The molecule has 0 aromatic carbocycles. The lowest BCUT2D eigenvalue weighted by molar-refractivity contribution is -0.167. The van der Waals surface area contributed by atoms with Crippen molar-refractivity contribution in [3.05, 3.63) is 109 Å². The number of carbonyl (C=O) groups excluding carboxylic acids is 3. The van der Waals surface area contributed by atoms with E-state index in [2.05, 4.69) is 130 Å². The van der Waals surface area contributed by atoms with Crippen LogP contribution < -0.4 is 0 Å². The quantitative estimate of drug-likeness (QED) is 0.0263. The summed E-state index contributed by atoms with van der Waals surface area (Å²) in [7, 11) is 0. The van der Waals surface area contributed by atoms with E-state index in [1.165, 1.54) is 51.4 Å². The number of allylic oxidation sites excluding steroid dienone is 18. The first kappa shape index (κ1) is 59.1. The minimum atomic E-state index is -0.816. The number of hydrogen-bond acceptors (Lipinski definition) is 6. The summed E-state index contributed by atoms with van der Waals surface area (Å²) in [6.45, 7) is 6.36. The van der Waals surface area contributed by atoms with Crippen LogP contribution in [0.3, 0.4) is 0 Å². The number of rotatable bonds is 44. The molecule has 0 N–H and O–H groups in total. The minimum Gasteiger partial charge on any atom is -0.462 e. The predicted molar refractivity (Wildman–Crippen MR) is 270 cm³/mol. The van der Waals surface area contributed by atoms with Gasteiger partial charge in [0.1, 0.15) is 13.2 Å². The number of hydrogen-bond donors (Lipinski definition) is 0. The van der Waals surface area contributed by atoms with Gasteiger partial charge in [-0.05, 0) is 122 Å². The van der Waals surface area contributed by atoms with Gasteiger partial charge in [0.15, 0.2) is 6.10 Å². The zero-order valence-corrected chi connectivity index (χ0v) is 40.5. The molecule has 0 bridgehead atoms. The van der Waals surface area contributed by atoms with E-state index >= 15 is 0 Å². The normalized spacial score (nSPS) is 13.0. The number of ether oxygens (including phenoxy) is 3. The van der Waals surface area contributed by atoms with Crippen LogP contribution in [0.4, 0.5) is 0 Å². The third-order valence-corrected chi connectivity index (χ3v) is 10.2. The van der Waals surface area contributed by atoms with E-state index in [1.807, 2.05) is 0 Å². The van der Waals surface area contributed by atoms with Crippen LogP contribution in [0, 0.1) is 0 Å². The molecule has 0 fully saturated rings. The van der Waals surface area contributed by atoms with E-state index in [9.17, 15) is 14.4 Å². The first-order chi connectivity index (χ1) is 31.0. The first-order valence-corrected chi connectivity index (χ1v) is 25.4. The molecule has 0 unspecified atom stereocenters. The third kappa shape index (κ3) is 49.0. The Hall–Kier alpha value is -3.93. The maximum absolute atomic E-state index is 12.8. The summed E-state index contributed by atoms with van der Waals surface area (Å²) in [5.74, 6) is -1.00. The molecule has 63 heavy (non-hydrogen) atoms. The fourth-order valence-electron chi connectivity index (χ4n) is 6.39. The Morgan fingerprint density at radius 1 is 0.333 bits per heavy atom. The highest BCUT2D eigenvalue weighted by Crippen LogP contribution is 2.12. The molecule has 0 aliphatic rings. The standard InChI is InChI=1S/C57H92O6/c1-4-7-10-13-16-19-22-24-26-27-28-29-31-33-36-39-42-45-48-51-57(60)63-54(52-61-55(58)49-46-43-40-37-34-21-18-15-12-9-6-3)53-62-56(59)50-47-44-41-38-35-32-30-25-23-20-17-14-11-8-5-2/h8,11,15-20,24-26,28-30,33,35-36,38,54H,4-7,9-10,12-14,21-23,27,31-32,34,37,39-53H2,1-3H3/b11-8-,18-15-,19-16-,20-17-,26-24-,29-28-,30-25-,36-33-,38-35-/t54-/m0/s1. The molecule has 6 heteroatoms. The summed E-state index contributed by atoms with van der Waals surface area (Å²) < 4.78 is 16.7.